The average molecular weight is 675 g/mol. The maximum atomic E-state index is 12.3. The van der Waals surface area contributed by atoms with Crippen molar-refractivity contribution in [3.63, 3.8) is 0 Å². The summed E-state index contributed by atoms with van der Waals surface area (Å²) >= 11 is 0. The Morgan fingerprint density at radius 1 is 0.543 bits per heavy atom. The van der Waals surface area contributed by atoms with E-state index in [4.69, 9.17) is 19.3 Å². The Balaban J connectivity index is 3.87. The van der Waals surface area contributed by atoms with Gasteiger partial charge in [-0.3, -0.25) is 14.1 Å². The zero-order valence-corrected chi connectivity index (χ0v) is 30.6. The SMILES string of the molecule is CCC/C=C\CCCCCCCC(=O)OC(COC(=O)CCCCCCCCCCCCCCCCCCCC)COP(=O)(O)O. The molecule has 0 rings (SSSR count). The van der Waals surface area contributed by atoms with Crippen LogP contribution in [0.2, 0.25) is 0 Å². The van der Waals surface area contributed by atoms with Crippen molar-refractivity contribution in [2.75, 3.05) is 13.2 Å². The Hall–Kier alpha value is -1.21. The van der Waals surface area contributed by atoms with Gasteiger partial charge >= 0.3 is 19.8 Å². The lowest BCUT2D eigenvalue weighted by Gasteiger charge is -2.18. The van der Waals surface area contributed by atoms with Crippen LogP contribution in [0.3, 0.4) is 0 Å². The van der Waals surface area contributed by atoms with E-state index in [9.17, 15) is 14.2 Å². The van der Waals surface area contributed by atoms with Crippen molar-refractivity contribution in [2.24, 2.45) is 0 Å². The Bertz CT molecular complexity index is 766. The van der Waals surface area contributed by atoms with Crippen LogP contribution in [0.25, 0.3) is 0 Å². The third kappa shape index (κ3) is 35.6. The van der Waals surface area contributed by atoms with Crippen molar-refractivity contribution in [3.05, 3.63) is 12.2 Å². The Morgan fingerprint density at radius 2 is 0.957 bits per heavy atom. The van der Waals surface area contributed by atoms with Crippen molar-refractivity contribution in [1.82, 2.24) is 0 Å². The summed E-state index contributed by atoms with van der Waals surface area (Å²) in [7, 11) is -4.74. The first kappa shape index (κ1) is 44.8. The van der Waals surface area contributed by atoms with Crippen molar-refractivity contribution < 1.29 is 37.9 Å². The van der Waals surface area contributed by atoms with Gasteiger partial charge in [0.1, 0.15) is 6.61 Å². The fraction of sp³-hybridized carbons (Fsp3) is 0.892. The van der Waals surface area contributed by atoms with Crippen molar-refractivity contribution in [2.45, 2.75) is 200 Å². The molecule has 0 radical (unpaired) electrons. The quantitative estimate of drug-likeness (QED) is 0.0295. The van der Waals surface area contributed by atoms with Crippen LogP contribution in [0.1, 0.15) is 194 Å². The number of rotatable bonds is 35. The second-order valence-corrected chi connectivity index (χ2v) is 14.1. The minimum Gasteiger partial charge on any atom is -0.462 e. The molecule has 1 unspecified atom stereocenters. The van der Waals surface area contributed by atoms with E-state index in [1.807, 2.05) is 0 Å². The smallest absolute Gasteiger partial charge is 0.462 e. The summed E-state index contributed by atoms with van der Waals surface area (Å²) < 4.78 is 26.2. The molecule has 0 aromatic rings. The summed E-state index contributed by atoms with van der Waals surface area (Å²) in [4.78, 5) is 42.6. The molecule has 0 bridgehead atoms. The van der Waals surface area contributed by atoms with E-state index in [0.29, 0.717) is 6.42 Å². The van der Waals surface area contributed by atoms with E-state index in [-0.39, 0.29) is 19.4 Å². The van der Waals surface area contributed by atoms with Gasteiger partial charge in [-0.05, 0) is 32.1 Å². The summed E-state index contributed by atoms with van der Waals surface area (Å²) in [6.45, 7) is 3.62. The highest BCUT2D eigenvalue weighted by atomic mass is 31.2. The van der Waals surface area contributed by atoms with Crippen LogP contribution < -0.4 is 0 Å². The van der Waals surface area contributed by atoms with Gasteiger partial charge in [0.2, 0.25) is 0 Å². The molecule has 0 heterocycles. The molecular weight excluding hydrogens is 603 g/mol. The highest BCUT2D eigenvalue weighted by Gasteiger charge is 2.22. The number of ether oxygens (including phenoxy) is 2. The standard InChI is InChI=1S/C37H71O8P/c1-3-5-7-9-11-13-15-16-17-18-19-20-21-22-24-25-27-29-31-36(38)43-33-35(34-44-46(40,41)42)45-37(39)32-30-28-26-23-14-12-10-8-6-4-2/h8,10,35H,3-7,9,11-34H2,1-2H3,(H2,40,41,42)/b10-8-. The molecule has 272 valence electrons. The number of esters is 2. The molecule has 0 fully saturated rings. The summed E-state index contributed by atoms with van der Waals surface area (Å²) in [6, 6.07) is 0. The molecule has 46 heavy (non-hydrogen) atoms. The van der Waals surface area contributed by atoms with Gasteiger partial charge < -0.3 is 19.3 Å². The van der Waals surface area contributed by atoms with E-state index in [2.05, 4.69) is 30.5 Å². The van der Waals surface area contributed by atoms with Gasteiger partial charge in [0.15, 0.2) is 6.10 Å². The normalized spacial score (nSPS) is 12.5. The number of hydrogen-bond donors (Lipinski definition) is 2. The minimum absolute atomic E-state index is 0.204. The lowest BCUT2D eigenvalue weighted by atomic mass is 10.0. The number of carbonyl (C=O) groups excluding carboxylic acids is 2. The maximum Gasteiger partial charge on any atom is 0.469 e. The number of carbonyl (C=O) groups is 2. The first-order valence-corrected chi connectivity index (χ1v) is 20.5. The van der Waals surface area contributed by atoms with E-state index < -0.39 is 32.5 Å². The number of phosphoric acid groups is 1. The van der Waals surface area contributed by atoms with Crippen LogP contribution in [0.4, 0.5) is 0 Å². The van der Waals surface area contributed by atoms with Gasteiger partial charge in [0, 0.05) is 12.8 Å². The predicted molar refractivity (Wildman–Crippen MR) is 189 cm³/mol. The Kier molecular flexibility index (Phi) is 32.8. The van der Waals surface area contributed by atoms with Crippen LogP contribution in [0, 0.1) is 0 Å². The van der Waals surface area contributed by atoms with Crippen LogP contribution in [-0.4, -0.2) is 41.0 Å². The van der Waals surface area contributed by atoms with E-state index in [0.717, 1.165) is 57.8 Å². The molecule has 8 nitrogen and oxygen atoms in total. The first-order chi connectivity index (χ1) is 22.3. The van der Waals surface area contributed by atoms with Gasteiger partial charge in [-0.1, -0.05) is 161 Å². The van der Waals surface area contributed by atoms with Gasteiger partial charge in [-0.25, -0.2) is 4.57 Å². The highest BCUT2D eigenvalue weighted by Crippen LogP contribution is 2.36. The molecule has 0 aliphatic rings. The second-order valence-electron chi connectivity index (χ2n) is 12.9. The monoisotopic (exact) mass is 674 g/mol. The zero-order valence-electron chi connectivity index (χ0n) is 29.7. The molecule has 0 aromatic heterocycles. The molecule has 0 amide bonds. The fourth-order valence-corrected chi connectivity index (χ4v) is 5.79. The molecular formula is C37H71O8P. The number of unbranched alkanes of at least 4 members (excludes halogenated alkanes) is 23. The lowest BCUT2D eigenvalue weighted by molar-refractivity contribution is -0.161. The fourth-order valence-electron chi connectivity index (χ4n) is 5.43. The summed E-state index contributed by atoms with van der Waals surface area (Å²) in [5.41, 5.74) is 0. The number of phosphoric ester groups is 1. The molecule has 9 heteroatoms. The summed E-state index contributed by atoms with van der Waals surface area (Å²) in [5, 5.41) is 0. The molecule has 0 spiro atoms. The minimum atomic E-state index is -4.74. The van der Waals surface area contributed by atoms with Crippen LogP contribution >= 0.6 is 7.82 Å². The topological polar surface area (TPSA) is 119 Å². The third-order valence-electron chi connectivity index (χ3n) is 8.27. The average Bonchev–Trinajstić information content (AvgIpc) is 3.02. The predicted octanol–water partition coefficient (Wildman–Crippen LogP) is 11.1. The molecule has 0 aliphatic heterocycles. The summed E-state index contributed by atoms with van der Waals surface area (Å²) in [5.74, 6) is -0.889. The molecule has 2 N–H and O–H groups in total. The molecule has 0 saturated heterocycles. The van der Waals surface area contributed by atoms with Crippen LogP contribution in [0.5, 0.6) is 0 Å². The van der Waals surface area contributed by atoms with Crippen LogP contribution in [0.15, 0.2) is 12.2 Å². The molecule has 1 atom stereocenters. The number of allylic oxidation sites excluding steroid dienone is 2. The zero-order chi connectivity index (χ0) is 34.0. The van der Waals surface area contributed by atoms with Crippen molar-refractivity contribution in [1.29, 1.82) is 0 Å². The first-order valence-electron chi connectivity index (χ1n) is 19.0. The Labute approximate surface area is 282 Å². The number of hydrogen-bond acceptors (Lipinski definition) is 6. The summed E-state index contributed by atoms with van der Waals surface area (Å²) in [6.07, 6.45) is 35.2. The molecule has 0 aliphatic carbocycles. The van der Waals surface area contributed by atoms with Crippen molar-refractivity contribution in [3.8, 4) is 0 Å². The van der Waals surface area contributed by atoms with Gasteiger partial charge in [-0.15, -0.1) is 0 Å². The van der Waals surface area contributed by atoms with E-state index in [1.165, 1.54) is 103 Å². The van der Waals surface area contributed by atoms with Gasteiger partial charge in [-0.2, -0.15) is 0 Å². The van der Waals surface area contributed by atoms with Crippen molar-refractivity contribution >= 4 is 19.8 Å². The molecule has 0 saturated carbocycles. The molecule has 0 aromatic carbocycles. The maximum absolute atomic E-state index is 12.3. The van der Waals surface area contributed by atoms with Gasteiger partial charge in [0.05, 0.1) is 6.61 Å². The largest absolute Gasteiger partial charge is 0.469 e. The van der Waals surface area contributed by atoms with E-state index in [1.54, 1.807) is 0 Å². The highest BCUT2D eigenvalue weighted by molar-refractivity contribution is 7.46. The Morgan fingerprint density at radius 3 is 1.41 bits per heavy atom. The second kappa shape index (κ2) is 33.7. The van der Waals surface area contributed by atoms with E-state index >= 15 is 0 Å². The van der Waals surface area contributed by atoms with Crippen LogP contribution in [-0.2, 0) is 28.2 Å². The van der Waals surface area contributed by atoms with Gasteiger partial charge in [0.25, 0.3) is 0 Å². The lowest BCUT2D eigenvalue weighted by Crippen LogP contribution is -2.29. The third-order valence-corrected chi connectivity index (χ3v) is 8.75.